The Hall–Kier alpha value is -2.74. The van der Waals surface area contributed by atoms with Crippen LogP contribution in [0.2, 0.25) is 0 Å². The Morgan fingerprint density at radius 1 is 1.19 bits per heavy atom. The molecule has 3 rings (SSSR count). The lowest BCUT2D eigenvalue weighted by molar-refractivity contribution is 0.0941. The van der Waals surface area contributed by atoms with Crippen molar-refractivity contribution in [2.45, 2.75) is 25.3 Å². The second-order valence-electron chi connectivity index (χ2n) is 5.29. The van der Waals surface area contributed by atoms with E-state index in [4.69, 9.17) is 5.26 Å². The molecule has 1 aliphatic rings. The number of nitriles is 1. The molecule has 1 aromatic carbocycles. The molecule has 2 aromatic rings. The lowest BCUT2D eigenvalue weighted by atomic mass is 10.1. The van der Waals surface area contributed by atoms with Crippen molar-refractivity contribution in [3.8, 4) is 17.3 Å². The van der Waals surface area contributed by atoms with Gasteiger partial charge in [0.1, 0.15) is 5.54 Å². The monoisotopic (exact) mass is 278 g/mol. The van der Waals surface area contributed by atoms with Crippen molar-refractivity contribution < 1.29 is 4.79 Å². The van der Waals surface area contributed by atoms with Crippen LogP contribution in [-0.2, 0) is 0 Å². The summed E-state index contributed by atoms with van der Waals surface area (Å²) < 4.78 is 0. The van der Waals surface area contributed by atoms with Crippen LogP contribution >= 0.6 is 0 Å². The Balaban J connectivity index is 1.76. The van der Waals surface area contributed by atoms with Gasteiger partial charge in [-0.05, 0) is 44.0 Å². The number of rotatable bonds is 3. The third-order valence-corrected chi connectivity index (χ3v) is 3.56. The van der Waals surface area contributed by atoms with E-state index in [1.165, 1.54) is 0 Å². The first-order chi connectivity index (χ1) is 10.1. The van der Waals surface area contributed by atoms with Crippen LogP contribution in [0, 0.1) is 18.3 Å². The summed E-state index contributed by atoms with van der Waals surface area (Å²) in [6.07, 6.45) is 1.46. The van der Waals surface area contributed by atoms with E-state index in [1.54, 1.807) is 12.1 Å². The van der Waals surface area contributed by atoms with E-state index in [9.17, 15) is 4.79 Å². The summed E-state index contributed by atoms with van der Waals surface area (Å²) in [7, 11) is 0. The number of benzene rings is 1. The zero-order chi connectivity index (χ0) is 14.9. The number of hydrogen-bond acceptors (Lipinski definition) is 4. The fraction of sp³-hybridized carbons (Fsp3) is 0.250. The van der Waals surface area contributed by atoms with Crippen molar-refractivity contribution in [1.82, 2.24) is 15.5 Å². The van der Waals surface area contributed by atoms with Crippen LogP contribution in [-0.4, -0.2) is 21.6 Å². The minimum absolute atomic E-state index is 0.212. The highest BCUT2D eigenvalue weighted by atomic mass is 16.1. The molecule has 1 aromatic heterocycles. The molecule has 0 bridgehead atoms. The number of nitrogens with zero attached hydrogens (tertiary/aromatic N) is 3. The number of carbonyl (C=O) groups excluding carboxylic acids is 1. The summed E-state index contributed by atoms with van der Waals surface area (Å²) in [6, 6.07) is 13.1. The largest absolute Gasteiger partial charge is 0.334 e. The van der Waals surface area contributed by atoms with E-state index in [0.717, 1.165) is 29.8 Å². The van der Waals surface area contributed by atoms with Gasteiger partial charge in [-0.15, -0.1) is 0 Å². The molecule has 5 heteroatoms. The molecule has 104 valence electrons. The summed E-state index contributed by atoms with van der Waals surface area (Å²) >= 11 is 0. The van der Waals surface area contributed by atoms with Gasteiger partial charge in [-0.3, -0.25) is 4.79 Å². The molecule has 1 saturated carbocycles. The SMILES string of the molecule is Cc1ccc(-c2ccc(C(=O)NC3(C#N)CC3)cc2)nn1. The highest BCUT2D eigenvalue weighted by Gasteiger charge is 2.44. The molecule has 1 N–H and O–H groups in total. The Bertz CT molecular complexity index is 709. The van der Waals surface area contributed by atoms with Crippen LogP contribution < -0.4 is 5.32 Å². The lowest BCUT2D eigenvalue weighted by Gasteiger charge is -2.09. The molecule has 1 amide bonds. The maximum absolute atomic E-state index is 12.1. The minimum atomic E-state index is -0.641. The summed E-state index contributed by atoms with van der Waals surface area (Å²) in [5, 5.41) is 19.9. The van der Waals surface area contributed by atoms with Crippen LogP contribution in [0.5, 0.6) is 0 Å². The second kappa shape index (κ2) is 4.98. The van der Waals surface area contributed by atoms with Crippen LogP contribution in [0.1, 0.15) is 28.9 Å². The predicted molar refractivity (Wildman–Crippen MR) is 77.2 cm³/mol. The Morgan fingerprint density at radius 2 is 1.90 bits per heavy atom. The Morgan fingerprint density at radius 3 is 2.43 bits per heavy atom. The highest BCUT2D eigenvalue weighted by Crippen LogP contribution is 2.34. The molecule has 5 nitrogen and oxygen atoms in total. The quantitative estimate of drug-likeness (QED) is 0.933. The van der Waals surface area contributed by atoms with Gasteiger partial charge in [-0.2, -0.15) is 15.5 Å². The summed E-state index contributed by atoms with van der Waals surface area (Å²) in [4.78, 5) is 12.1. The number of aromatic nitrogens is 2. The molecular formula is C16H14N4O. The van der Waals surface area contributed by atoms with E-state index in [-0.39, 0.29) is 5.91 Å². The van der Waals surface area contributed by atoms with E-state index < -0.39 is 5.54 Å². The van der Waals surface area contributed by atoms with Gasteiger partial charge in [0.05, 0.1) is 17.5 Å². The second-order valence-corrected chi connectivity index (χ2v) is 5.29. The minimum Gasteiger partial charge on any atom is -0.334 e. The van der Waals surface area contributed by atoms with E-state index in [1.807, 2.05) is 31.2 Å². The third-order valence-electron chi connectivity index (χ3n) is 3.56. The van der Waals surface area contributed by atoms with Crippen molar-refractivity contribution in [3.63, 3.8) is 0 Å². The fourth-order valence-corrected chi connectivity index (χ4v) is 2.02. The normalized spacial score (nSPS) is 15.0. The lowest BCUT2D eigenvalue weighted by Crippen LogP contribution is -2.35. The molecule has 0 atom stereocenters. The molecule has 0 aliphatic heterocycles. The molecule has 0 saturated heterocycles. The maximum atomic E-state index is 12.1. The summed E-state index contributed by atoms with van der Waals surface area (Å²) in [6.45, 7) is 1.88. The van der Waals surface area contributed by atoms with Crippen molar-refractivity contribution in [2.24, 2.45) is 0 Å². The van der Waals surface area contributed by atoms with Crippen LogP contribution in [0.25, 0.3) is 11.3 Å². The predicted octanol–water partition coefficient (Wildman–Crippen LogP) is 2.24. The molecule has 1 aliphatic carbocycles. The topological polar surface area (TPSA) is 78.7 Å². The van der Waals surface area contributed by atoms with E-state index in [0.29, 0.717) is 5.56 Å². The Labute approximate surface area is 122 Å². The molecule has 1 fully saturated rings. The van der Waals surface area contributed by atoms with E-state index in [2.05, 4.69) is 21.6 Å². The van der Waals surface area contributed by atoms with Gasteiger partial charge in [0.15, 0.2) is 0 Å². The summed E-state index contributed by atoms with van der Waals surface area (Å²) in [5.74, 6) is -0.212. The number of hydrogen-bond donors (Lipinski definition) is 1. The van der Waals surface area contributed by atoms with Crippen molar-refractivity contribution in [3.05, 3.63) is 47.7 Å². The van der Waals surface area contributed by atoms with Gasteiger partial charge >= 0.3 is 0 Å². The van der Waals surface area contributed by atoms with Gasteiger partial charge < -0.3 is 5.32 Å². The van der Waals surface area contributed by atoms with Crippen LogP contribution in [0.3, 0.4) is 0 Å². The molecule has 21 heavy (non-hydrogen) atoms. The number of aryl methyl sites for hydroxylation is 1. The average molecular weight is 278 g/mol. The number of nitrogens with one attached hydrogen (secondary N) is 1. The molecular weight excluding hydrogens is 264 g/mol. The standard InChI is InChI=1S/C16H14N4O/c1-11-2-7-14(20-19-11)12-3-5-13(6-4-12)15(21)18-16(10-17)8-9-16/h2-7H,8-9H2,1H3,(H,18,21). The number of amides is 1. The van der Waals surface area contributed by atoms with Gasteiger partial charge in [-0.1, -0.05) is 12.1 Å². The van der Waals surface area contributed by atoms with Crippen molar-refractivity contribution in [2.75, 3.05) is 0 Å². The maximum Gasteiger partial charge on any atom is 0.252 e. The first-order valence-electron chi connectivity index (χ1n) is 6.76. The van der Waals surface area contributed by atoms with Crippen LogP contribution in [0.4, 0.5) is 0 Å². The van der Waals surface area contributed by atoms with Gasteiger partial charge in [-0.25, -0.2) is 0 Å². The first kappa shape index (κ1) is 13.3. The molecule has 0 radical (unpaired) electrons. The van der Waals surface area contributed by atoms with Gasteiger partial charge in [0.2, 0.25) is 0 Å². The average Bonchev–Trinajstić information content (AvgIpc) is 3.28. The zero-order valence-corrected chi connectivity index (χ0v) is 11.6. The first-order valence-corrected chi connectivity index (χ1v) is 6.76. The highest BCUT2D eigenvalue weighted by molar-refractivity contribution is 5.95. The zero-order valence-electron chi connectivity index (χ0n) is 11.6. The summed E-state index contributed by atoms with van der Waals surface area (Å²) in [5.41, 5.74) is 2.43. The van der Waals surface area contributed by atoms with Gasteiger partial charge in [0, 0.05) is 11.1 Å². The molecule has 0 unspecified atom stereocenters. The van der Waals surface area contributed by atoms with E-state index >= 15 is 0 Å². The molecule has 1 heterocycles. The van der Waals surface area contributed by atoms with Crippen LogP contribution in [0.15, 0.2) is 36.4 Å². The van der Waals surface area contributed by atoms with Crippen molar-refractivity contribution in [1.29, 1.82) is 5.26 Å². The third kappa shape index (κ3) is 2.75. The smallest absolute Gasteiger partial charge is 0.252 e. The van der Waals surface area contributed by atoms with Crippen molar-refractivity contribution >= 4 is 5.91 Å². The molecule has 0 spiro atoms. The Kier molecular flexibility index (Phi) is 3.15. The van der Waals surface area contributed by atoms with Gasteiger partial charge in [0.25, 0.3) is 5.91 Å². The number of carbonyl (C=O) groups is 1. The fourth-order valence-electron chi connectivity index (χ4n) is 2.02.